The molecule has 0 aliphatic heterocycles. The highest BCUT2D eigenvalue weighted by Gasteiger charge is 1.98. The molecule has 2 nitrogen and oxygen atoms in total. The van der Waals surface area contributed by atoms with Gasteiger partial charge in [0.1, 0.15) is 0 Å². The molecule has 64 valence electrons. The van der Waals surface area contributed by atoms with E-state index in [1.165, 1.54) is 5.56 Å². The predicted molar refractivity (Wildman–Crippen MR) is 49.8 cm³/mol. The van der Waals surface area contributed by atoms with Crippen molar-refractivity contribution < 1.29 is 4.74 Å². The van der Waals surface area contributed by atoms with E-state index in [0.717, 1.165) is 11.3 Å². The van der Waals surface area contributed by atoms with E-state index in [9.17, 15) is 0 Å². The van der Waals surface area contributed by atoms with Crippen molar-refractivity contribution in [3.63, 3.8) is 0 Å². The highest BCUT2D eigenvalue weighted by Crippen LogP contribution is 2.09. The fourth-order valence-corrected chi connectivity index (χ4v) is 1.02. The summed E-state index contributed by atoms with van der Waals surface area (Å²) in [6, 6.07) is 2.00. The second-order valence-electron chi connectivity index (χ2n) is 2.67. The molecule has 0 aliphatic rings. The molecule has 0 aromatic carbocycles. The minimum atomic E-state index is 0.621. The van der Waals surface area contributed by atoms with Crippen molar-refractivity contribution in [2.75, 3.05) is 7.11 Å². The first kappa shape index (κ1) is 8.94. The lowest BCUT2D eigenvalue weighted by Gasteiger charge is -2.03. The second kappa shape index (κ2) is 4.02. The van der Waals surface area contributed by atoms with Gasteiger partial charge in [-0.2, -0.15) is 0 Å². The van der Waals surface area contributed by atoms with Crippen molar-refractivity contribution in [2.24, 2.45) is 0 Å². The minimum absolute atomic E-state index is 0.621. The lowest BCUT2D eigenvalue weighted by Crippen LogP contribution is -1.94. The summed E-state index contributed by atoms with van der Waals surface area (Å²) in [6.07, 6.45) is 3.57. The van der Waals surface area contributed by atoms with Crippen molar-refractivity contribution in [1.29, 1.82) is 0 Å². The summed E-state index contributed by atoms with van der Waals surface area (Å²) in [4.78, 5) is 4.18. The zero-order valence-electron chi connectivity index (χ0n) is 7.50. The SMILES string of the molecule is C=Cc1cc(C)c(COC)cn1. The molecule has 0 unspecified atom stereocenters. The molecule has 1 rings (SSSR count). The number of rotatable bonds is 3. The van der Waals surface area contributed by atoms with Gasteiger partial charge in [0, 0.05) is 13.3 Å². The molecule has 0 fully saturated rings. The van der Waals surface area contributed by atoms with Crippen LogP contribution in [0.15, 0.2) is 18.8 Å². The molecule has 0 saturated heterocycles. The van der Waals surface area contributed by atoms with E-state index >= 15 is 0 Å². The fraction of sp³-hybridized carbons (Fsp3) is 0.300. The minimum Gasteiger partial charge on any atom is -0.380 e. The maximum atomic E-state index is 5.02. The normalized spacial score (nSPS) is 9.83. The Hall–Kier alpha value is -1.15. The van der Waals surface area contributed by atoms with Gasteiger partial charge in [-0.05, 0) is 30.2 Å². The standard InChI is InChI=1S/C10H13NO/c1-4-10-5-8(2)9(6-11-10)7-12-3/h4-6H,1,7H2,2-3H3. The third-order valence-corrected chi connectivity index (χ3v) is 1.75. The maximum Gasteiger partial charge on any atom is 0.0730 e. The fourth-order valence-electron chi connectivity index (χ4n) is 1.02. The van der Waals surface area contributed by atoms with Crippen LogP contribution in [0.3, 0.4) is 0 Å². The monoisotopic (exact) mass is 163 g/mol. The lowest BCUT2D eigenvalue weighted by molar-refractivity contribution is 0.184. The van der Waals surface area contributed by atoms with Gasteiger partial charge in [0.2, 0.25) is 0 Å². The maximum absolute atomic E-state index is 5.02. The Morgan fingerprint density at radius 3 is 2.92 bits per heavy atom. The summed E-state index contributed by atoms with van der Waals surface area (Å²) in [5.41, 5.74) is 3.23. The van der Waals surface area contributed by atoms with Crippen molar-refractivity contribution >= 4 is 6.08 Å². The van der Waals surface area contributed by atoms with E-state index in [0.29, 0.717) is 6.61 Å². The Kier molecular flexibility index (Phi) is 3.00. The van der Waals surface area contributed by atoms with Crippen LogP contribution < -0.4 is 0 Å². The number of ether oxygens (including phenoxy) is 1. The zero-order valence-corrected chi connectivity index (χ0v) is 7.50. The van der Waals surface area contributed by atoms with Crippen molar-refractivity contribution in [2.45, 2.75) is 13.5 Å². The molecule has 0 N–H and O–H groups in total. The molecule has 0 aliphatic carbocycles. The summed E-state index contributed by atoms with van der Waals surface area (Å²) < 4.78 is 5.02. The van der Waals surface area contributed by atoms with Gasteiger partial charge in [0.25, 0.3) is 0 Å². The molecular weight excluding hydrogens is 150 g/mol. The molecule has 0 saturated carbocycles. The predicted octanol–water partition coefficient (Wildman–Crippen LogP) is 2.18. The van der Waals surface area contributed by atoms with E-state index < -0.39 is 0 Å². The molecule has 0 bridgehead atoms. The molecule has 1 heterocycles. The van der Waals surface area contributed by atoms with Crippen LogP contribution >= 0.6 is 0 Å². The number of aromatic nitrogens is 1. The van der Waals surface area contributed by atoms with Crippen LogP contribution in [0.2, 0.25) is 0 Å². The van der Waals surface area contributed by atoms with E-state index in [1.807, 2.05) is 19.2 Å². The summed E-state index contributed by atoms with van der Waals surface area (Å²) >= 11 is 0. The summed E-state index contributed by atoms with van der Waals surface area (Å²) in [6.45, 7) is 6.32. The molecule has 1 aromatic heterocycles. The summed E-state index contributed by atoms with van der Waals surface area (Å²) in [7, 11) is 1.68. The van der Waals surface area contributed by atoms with Gasteiger partial charge in [0.15, 0.2) is 0 Å². The average Bonchev–Trinajstić information content (AvgIpc) is 2.09. The van der Waals surface area contributed by atoms with Crippen molar-refractivity contribution in [1.82, 2.24) is 4.98 Å². The Morgan fingerprint density at radius 1 is 1.67 bits per heavy atom. The van der Waals surface area contributed by atoms with Crippen LogP contribution in [0.4, 0.5) is 0 Å². The average molecular weight is 163 g/mol. The molecule has 0 atom stereocenters. The Morgan fingerprint density at radius 2 is 2.42 bits per heavy atom. The first-order valence-electron chi connectivity index (χ1n) is 3.85. The van der Waals surface area contributed by atoms with Gasteiger partial charge in [-0.15, -0.1) is 0 Å². The first-order valence-corrected chi connectivity index (χ1v) is 3.85. The van der Waals surface area contributed by atoms with Crippen LogP contribution in [0.5, 0.6) is 0 Å². The van der Waals surface area contributed by atoms with Crippen molar-refractivity contribution in [3.8, 4) is 0 Å². The zero-order chi connectivity index (χ0) is 8.97. The number of nitrogens with zero attached hydrogens (tertiary/aromatic N) is 1. The first-order chi connectivity index (χ1) is 5.77. The summed E-state index contributed by atoms with van der Waals surface area (Å²) in [5.74, 6) is 0. The largest absolute Gasteiger partial charge is 0.380 e. The molecular formula is C10H13NO. The number of aryl methyl sites for hydroxylation is 1. The molecule has 0 amide bonds. The Bertz CT molecular complexity index is 281. The van der Waals surface area contributed by atoms with E-state index in [4.69, 9.17) is 4.74 Å². The third-order valence-electron chi connectivity index (χ3n) is 1.75. The Labute approximate surface area is 72.9 Å². The van der Waals surface area contributed by atoms with Gasteiger partial charge in [0.05, 0.1) is 12.3 Å². The summed E-state index contributed by atoms with van der Waals surface area (Å²) in [5, 5.41) is 0. The lowest BCUT2D eigenvalue weighted by atomic mass is 10.1. The van der Waals surface area contributed by atoms with E-state index in [1.54, 1.807) is 13.2 Å². The van der Waals surface area contributed by atoms with E-state index in [2.05, 4.69) is 11.6 Å². The quantitative estimate of drug-likeness (QED) is 0.681. The topological polar surface area (TPSA) is 22.1 Å². The molecule has 2 heteroatoms. The second-order valence-corrected chi connectivity index (χ2v) is 2.67. The van der Waals surface area contributed by atoms with Crippen molar-refractivity contribution in [3.05, 3.63) is 35.7 Å². The molecule has 0 radical (unpaired) electrons. The number of methoxy groups -OCH3 is 1. The number of hydrogen-bond donors (Lipinski definition) is 0. The van der Waals surface area contributed by atoms with Gasteiger partial charge >= 0.3 is 0 Å². The van der Waals surface area contributed by atoms with Crippen LogP contribution in [-0.4, -0.2) is 12.1 Å². The van der Waals surface area contributed by atoms with Crippen LogP contribution in [0.1, 0.15) is 16.8 Å². The van der Waals surface area contributed by atoms with Gasteiger partial charge < -0.3 is 4.74 Å². The Balaban J connectivity index is 2.94. The highest BCUT2D eigenvalue weighted by atomic mass is 16.5. The van der Waals surface area contributed by atoms with E-state index in [-0.39, 0.29) is 0 Å². The number of pyridine rings is 1. The third kappa shape index (κ3) is 1.92. The van der Waals surface area contributed by atoms with Gasteiger partial charge in [-0.3, -0.25) is 4.98 Å². The van der Waals surface area contributed by atoms with Crippen LogP contribution in [0.25, 0.3) is 6.08 Å². The van der Waals surface area contributed by atoms with Gasteiger partial charge in [-0.1, -0.05) is 6.58 Å². The van der Waals surface area contributed by atoms with Gasteiger partial charge in [-0.25, -0.2) is 0 Å². The van der Waals surface area contributed by atoms with Crippen LogP contribution in [0, 0.1) is 6.92 Å². The molecule has 12 heavy (non-hydrogen) atoms. The smallest absolute Gasteiger partial charge is 0.0730 e. The number of hydrogen-bond acceptors (Lipinski definition) is 2. The molecule has 0 spiro atoms. The molecule has 1 aromatic rings. The highest BCUT2D eigenvalue weighted by molar-refractivity contribution is 5.43. The van der Waals surface area contributed by atoms with Crippen LogP contribution in [-0.2, 0) is 11.3 Å².